The second kappa shape index (κ2) is 4.91. The molecule has 3 heteroatoms. The van der Waals surface area contributed by atoms with Crippen LogP contribution in [0, 0.1) is 12.7 Å². The zero-order valence-electron chi connectivity index (χ0n) is 9.30. The number of benzene rings is 1. The Morgan fingerprint density at radius 1 is 1.53 bits per heavy atom. The van der Waals surface area contributed by atoms with Gasteiger partial charge in [0.15, 0.2) is 0 Å². The van der Waals surface area contributed by atoms with Crippen molar-refractivity contribution in [1.29, 1.82) is 0 Å². The van der Waals surface area contributed by atoms with Gasteiger partial charge in [0.2, 0.25) is 0 Å². The third-order valence-corrected chi connectivity index (χ3v) is 2.41. The van der Waals surface area contributed by atoms with E-state index in [4.69, 9.17) is 0 Å². The van der Waals surface area contributed by atoms with Crippen molar-refractivity contribution in [2.24, 2.45) is 0 Å². The molecule has 15 heavy (non-hydrogen) atoms. The van der Waals surface area contributed by atoms with Crippen molar-refractivity contribution < 1.29 is 9.18 Å². The van der Waals surface area contributed by atoms with Crippen LogP contribution in [0.1, 0.15) is 36.2 Å². The Morgan fingerprint density at radius 2 is 2.20 bits per heavy atom. The Morgan fingerprint density at radius 3 is 2.73 bits per heavy atom. The molecule has 0 radical (unpaired) electrons. The van der Waals surface area contributed by atoms with Gasteiger partial charge in [0, 0.05) is 11.6 Å². The van der Waals surface area contributed by atoms with E-state index in [1.165, 1.54) is 12.1 Å². The van der Waals surface area contributed by atoms with Gasteiger partial charge < -0.3 is 5.32 Å². The summed E-state index contributed by atoms with van der Waals surface area (Å²) in [7, 11) is 0. The second-order valence-corrected chi connectivity index (χ2v) is 3.75. The third-order valence-electron chi connectivity index (χ3n) is 2.41. The average Bonchev–Trinajstić information content (AvgIpc) is 2.21. The van der Waals surface area contributed by atoms with Gasteiger partial charge in [-0.05, 0) is 44.0 Å². The monoisotopic (exact) mass is 209 g/mol. The number of aryl methyl sites for hydroxylation is 1. The molecule has 1 aromatic carbocycles. The Balaban J connectivity index is 2.78. The first-order valence-electron chi connectivity index (χ1n) is 5.11. The molecule has 0 aromatic heterocycles. The fraction of sp³-hybridized carbons (Fsp3) is 0.417. The van der Waals surface area contributed by atoms with Gasteiger partial charge in [-0.1, -0.05) is 6.92 Å². The van der Waals surface area contributed by atoms with E-state index in [0.29, 0.717) is 11.1 Å². The SMILES string of the molecule is CCC(C)NC(=O)c1ccc(F)c(C)c1. The Kier molecular flexibility index (Phi) is 3.83. The number of halogens is 1. The lowest BCUT2D eigenvalue weighted by Crippen LogP contribution is -2.31. The maximum atomic E-state index is 13.0. The van der Waals surface area contributed by atoms with E-state index in [1.807, 2.05) is 13.8 Å². The van der Waals surface area contributed by atoms with E-state index in [-0.39, 0.29) is 17.8 Å². The second-order valence-electron chi connectivity index (χ2n) is 3.75. The van der Waals surface area contributed by atoms with Gasteiger partial charge in [0.05, 0.1) is 0 Å². The molecule has 0 fully saturated rings. The number of amides is 1. The van der Waals surface area contributed by atoms with Gasteiger partial charge in [0.1, 0.15) is 5.82 Å². The minimum atomic E-state index is -0.282. The molecule has 0 bridgehead atoms. The van der Waals surface area contributed by atoms with E-state index in [9.17, 15) is 9.18 Å². The van der Waals surface area contributed by atoms with Crippen LogP contribution in [0.2, 0.25) is 0 Å². The van der Waals surface area contributed by atoms with Crippen molar-refractivity contribution >= 4 is 5.91 Å². The van der Waals surface area contributed by atoms with E-state index in [0.717, 1.165) is 6.42 Å². The van der Waals surface area contributed by atoms with Crippen LogP contribution in [-0.2, 0) is 0 Å². The first kappa shape index (κ1) is 11.7. The number of rotatable bonds is 3. The van der Waals surface area contributed by atoms with Crippen molar-refractivity contribution in [3.05, 3.63) is 35.1 Å². The minimum Gasteiger partial charge on any atom is -0.350 e. The van der Waals surface area contributed by atoms with Crippen LogP contribution >= 0.6 is 0 Å². The van der Waals surface area contributed by atoms with Crippen molar-refractivity contribution in [3.8, 4) is 0 Å². The fourth-order valence-corrected chi connectivity index (χ4v) is 1.20. The highest BCUT2D eigenvalue weighted by Crippen LogP contribution is 2.09. The molecule has 0 aliphatic rings. The van der Waals surface area contributed by atoms with Gasteiger partial charge in [0.25, 0.3) is 5.91 Å². The fourth-order valence-electron chi connectivity index (χ4n) is 1.20. The normalized spacial score (nSPS) is 12.3. The quantitative estimate of drug-likeness (QED) is 0.814. The molecule has 1 unspecified atom stereocenters. The summed E-state index contributed by atoms with van der Waals surface area (Å²) < 4.78 is 13.0. The average molecular weight is 209 g/mol. The van der Waals surface area contributed by atoms with Crippen LogP contribution in [0.3, 0.4) is 0 Å². The van der Waals surface area contributed by atoms with Crippen molar-refractivity contribution in [2.75, 3.05) is 0 Å². The molecular formula is C12H16FNO. The molecule has 1 atom stereocenters. The maximum Gasteiger partial charge on any atom is 0.251 e. The zero-order chi connectivity index (χ0) is 11.4. The van der Waals surface area contributed by atoms with Gasteiger partial charge in [-0.2, -0.15) is 0 Å². The molecular weight excluding hydrogens is 193 g/mol. The summed E-state index contributed by atoms with van der Waals surface area (Å²) >= 11 is 0. The first-order valence-corrected chi connectivity index (χ1v) is 5.11. The number of nitrogens with one attached hydrogen (secondary N) is 1. The molecule has 0 saturated heterocycles. The number of carbonyl (C=O) groups excluding carboxylic acids is 1. The smallest absolute Gasteiger partial charge is 0.251 e. The van der Waals surface area contributed by atoms with E-state index in [1.54, 1.807) is 13.0 Å². The summed E-state index contributed by atoms with van der Waals surface area (Å²) in [4.78, 5) is 11.6. The van der Waals surface area contributed by atoms with Crippen LogP contribution in [0.15, 0.2) is 18.2 Å². The summed E-state index contributed by atoms with van der Waals surface area (Å²) in [6.45, 7) is 5.59. The molecule has 1 N–H and O–H groups in total. The lowest BCUT2D eigenvalue weighted by atomic mass is 10.1. The van der Waals surface area contributed by atoms with Crippen molar-refractivity contribution in [2.45, 2.75) is 33.2 Å². The van der Waals surface area contributed by atoms with E-state index < -0.39 is 0 Å². The summed E-state index contributed by atoms with van der Waals surface area (Å²) in [6.07, 6.45) is 0.881. The molecule has 1 aromatic rings. The lowest BCUT2D eigenvalue weighted by molar-refractivity contribution is 0.0939. The standard InChI is InChI=1S/C12H16FNO/c1-4-9(3)14-12(15)10-5-6-11(13)8(2)7-10/h5-7,9H,4H2,1-3H3,(H,14,15). The molecule has 0 saturated carbocycles. The summed E-state index contributed by atoms with van der Waals surface area (Å²) in [5.41, 5.74) is 1.00. The molecule has 1 amide bonds. The van der Waals surface area contributed by atoms with Crippen LogP contribution in [0.5, 0.6) is 0 Å². The van der Waals surface area contributed by atoms with Crippen LogP contribution < -0.4 is 5.32 Å². The van der Waals surface area contributed by atoms with Crippen LogP contribution in [0.25, 0.3) is 0 Å². The molecule has 0 spiro atoms. The molecule has 0 heterocycles. The van der Waals surface area contributed by atoms with Crippen molar-refractivity contribution in [3.63, 3.8) is 0 Å². The topological polar surface area (TPSA) is 29.1 Å². The third kappa shape index (κ3) is 3.05. The van der Waals surface area contributed by atoms with Gasteiger partial charge in [-0.3, -0.25) is 4.79 Å². The van der Waals surface area contributed by atoms with E-state index in [2.05, 4.69) is 5.32 Å². The largest absolute Gasteiger partial charge is 0.350 e. The van der Waals surface area contributed by atoms with Gasteiger partial charge in [-0.25, -0.2) is 4.39 Å². The number of carbonyl (C=O) groups is 1. The number of hydrogen-bond acceptors (Lipinski definition) is 1. The number of hydrogen-bond donors (Lipinski definition) is 1. The highest BCUT2D eigenvalue weighted by Gasteiger charge is 2.09. The molecule has 82 valence electrons. The molecule has 0 aliphatic carbocycles. The first-order chi connectivity index (χ1) is 7.04. The van der Waals surface area contributed by atoms with Gasteiger partial charge in [-0.15, -0.1) is 0 Å². The summed E-state index contributed by atoms with van der Waals surface area (Å²) in [5.74, 6) is -0.428. The molecule has 0 aliphatic heterocycles. The van der Waals surface area contributed by atoms with Crippen LogP contribution in [-0.4, -0.2) is 11.9 Å². The Labute approximate surface area is 89.5 Å². The predicted molar refractivity (Wildman–Crippen MR) is 58.4 cm³/mol. The van der Waals surface area contributed by atoms with Gasteiger partial charge >= 0.3 is 0 Å². The van der Waals surface area contributed by atoms with E-state index >= 15 is 0 Å². The highest BCUT2D eigenvalue weighted by atomic mass is 19.1. The van der Waals surface area contributed by atoms with Crippen molar-refractivity contribution in [1.82, 2.24) is 5.32 Å². The summed E-state index contributed by atoms with van der Waals surface area (Å²) in [6, 6.07) is 4.52. The zero-order valence-corrected chi connectivity index (χ0v) is 9.30. The minimum absolute atomic E-state index is 0.142. The van der Waals surface area contributed by atoms with Crippen LogP contribution in [0.4, 0.5) is 4.39 Å². The lowest BCUT2D eigenvalue weighted by Gasteiger charge is -2.11. The maximum absolute atomic E-state index is 13.0. The molecule has 2 nitrogen and oxygen atoms in total. The Bertz CT molecular complexity index is 363. The highest BCUT2D eigenvalue weighted by molar-refractivity contribution is 5.94. The Hall–Kier alpha value is -1.38. The molecule has 1 rings (SSSR count). The summed E-state index contributed by atoms with van der Waals surface area (Å²) in [5, 5.41) is 2.83. The predicted octanol–water partition coefficient (Wildman–Crippen LogP) is 2.66.